The molecule has 2 nitrogen and oxygen atoms in total. The molecule has 19 heavy (non-hydrogen) atoms. The molecule has 98 valence electrons. The summed E-state index contributed by atoms with van der Waals surface area (Å²) in [6.07, 6.45) is 0.324. The fourth-order valence-electron chi connectivity index (χ4n) is 1.72. The van der Waals surface area contributed by atoms with E-state index in [4.69, 9.17) is 23.2 Å². The molecular formula is C15H13Cl2NO. The zero-order valence-electron chi connectivity index (χ0n) is 10.4. The standard InChI is InChI=1S/C15H13Cl2NO/c1-10-2-4-11(5-3-10)6-15(19)18-14-8-12(16)7-13(17)9-14/h2-5,7-9H,6H2,1H3,(H,18,19). The van der Waals surface area contributed by atoms with E-state index in [1.54, 1.807) is 18.2 Å². The molecule has 0 unspecified atom stereocenters. The molecule has 0 heterocycles. The maximum atomic E-state index is 11.9. The van der Waals surface area contributed by atoms with E-state index in [1.807, 2.05) is 31.2 Å². The summed E-state index contributed by atoms with van der Waals surface area (Å²) in [4.78, 5) is 11.9. The van der Waals surface area contributed by atoms with Crippen molar-refractivity contribution >= 4 is 34.8 Å². The predicted molar refractivity (Wildman–Crippen MR) is 80.0 cm³/mol. The van der Waals surface area contributed by atoms with Crippen LogP contribution in [0.4, 0.5) is 5.69 Å². The molecule has 0 saturated carbocycles. The molecule has 2 rings (SSSR count). The van der Waals surface area contributed by atoms with Gasteiger partial charge in [-0.3, -0.25) is 4.79 Å². The number of hydrogen-bond donors (Lipinski definition) is 1. The molecule has 1 N–H and O–H groups in total. The lowest BCUT2D eigenvalue weighted by atomic mass is 10.1. The third-order valence-corrected chi connectivity index (χ3v) is 3.07. The molecule has 0 aromatic heterocycles. The van der Waals surface area contributed by atoms with E-state index in [9.17, 15) is 4.79 Å². The first-order valence-electron chi connectivity index (χ1n) is 5.84. The molecule has 0 aliphatic carbocycles. The van der Waals surface area contributed by atoms with Crippen molar-refractivity contribution in [2.45, 2.75) is 13.3 Å². The zero-order valence-corrected chi connectivity index (χ0v) is 11.9. The van der Waals surface area contributed by atoms with Crippen LogP contribution < -0.4 is 5.32 Å². The van der Waals surface area contributed by atoms with Crippen LogP contribution in [0.15, 0.2) is 42.5 Å². The highest BCUT2D eigenvalue weighted by molar-refractivity contribution is 6.35. The average Bonchev–Trinajstić information content (AvgIpc) is 2.30. The van der Waals surface area contributed by atoms with Crippen LogP contribution in [-0.4, -0.2) is 5.91 Å². The minimum absolute atomic E-state index is 0.0952. The monoisotopic (exact) mass is 293 g/mol. The zero-order chi connectivity index (χ0) is 13.8. The highest BCUT2D eigenvalue weighted by Gasteiger charge is 2.05. The summed E-state index contributed by atoms with van der Waals surface area (Å²) in [7, 11) is 0. The van der Waals surface area contributed by atoms with Gasteiger partial charge in [0.15, 0.2) is 0 Å². The molecule has 2 aromatic rings. The Balaban J connectivity index is 2.03. The number of aryl methyl sites for hydroxylation is 1. The number of anilines is 1. The number of nitrogens with one attached hydrogen (secondary N) is 1. The first-order valence-corrected chi connectivity index (χ1v) is 6.60. The third-order valence-electron chi connectivity index (χ3n) is 2.63. The van der Waals surface area contributed by atoms with Crippen LogP contribution in [0.5, 0.6) is 0 Å². The van der Waals surface area contributed by atoms with Crippen molar-refractivity contribution in [2.24, 2.45) is 0 Å². The van der Waals surface area contributed by atoms with E-state index in [0.717, 1.165) is 5.56 Å². The average molecular weight is 294 g/mol. The molecule has 4 heteroatoms. The van der Waals surface area contributed by atoms with Gasteiger partial charge in [0.1, 0.15) is 0 Å². The van der Waals surface area contributed by atoms with Gasteiger partial charge in [-0.1, -0.05) is 53.0 Å². The minimum atomic E-state index is -0.0952. The van der Waals surface area contributed by atoms with Gasteiger partial charge in [0, 0.05) is 15.7 Å². The Morgan fingerprint density at radius 1 is 1.05 bits per heavy atom. The van der Waals surface area contributed by atoms with Gasteiger partial charge in [0.2, 0.25) is 5.91 Å². The molecule has 0 fully saturated rings. The highest BCUT2D eigenvalue weighted by atomic mass is 35.5. The van der Waals surface area contributed by atoms with Crippen molar-refractivity contribution < 1.29 is 4.79 Å². The van der Waals surface area contributed by atoms with Crippen molar-refractivity contribution in [2.75, 3.05) is 5.32 Å². The molecule has 0 aliphatic heterocycles. The van der Waals surface area contributed by atoms with Gasteiger partial charge in [-0.15, -0.1) is 0 Å². The van der Waals surface area contributed by atoms with E-state index in [-0.39, 0.29) is 5.91 Å². The van der Waals surface area contributed by atoms with Crippen molar-refractivity contribution in [1.82, 2.24) is 0 Å². The highest BCUT2D eigenvalue weighted by Crippen LogP contribution is 2.22. The second kappa shape index (κ2) is 6.09. The number of amides is 1. The van der Waals surface area contributed by atoms with Gasteiger partial charge in [0.05, 0.1) is 6.42 Å². The Hall–Kier alpha value is -1.51. The summed E-state index contributed by atoms with van der Waals surface area (Å²) in [6.45, 7) is 2.01. The topological polar surface area (TPSA) is 29.1 Å². The summed E-state index contributed by atoms with van der Waals surface area (Å²) in [5, 5.41) is 3.78. The fraction of sp³-hybridized carbons (Fsp3) is 0.133. The van der Waals surface area contributed by atoms with E-state index < -0.39 is 0 Å². The number of halogens is 2. The van der Waals surface area contributed by atoms with Crippen molar-refractivity contribution in [3.05, 3.63) is 63.6 Å². The summed E-state index contributed by atoms with van der Waals surface area (Å²) >= 11 is 11.8. The molecule has 0 atom stereocenters. The second-order valence-electron chi connectivity index (χ2n) is 4.37. The van der Waals surface area contributed by atoms with Crippen LogP contribution in [0.1, 0.15) is 11.1 Å². The van der Waals surface area contributed by atoms with Crippen molar-refractivity contribution in [1.29, 1.82) is 0 Å². The molecule has 1 amide bonds. The van der Waals surface area contributed by atoms with Gasteiger partial charge < -0.3 is 5.32 Å². The van der Waals surface area contributed by atoms with Crippen molar-refractivity contribution in [3.63, 3.8) is 0 Å². The SMILES string of the molecule is Cc1ccc(CC(=O)Nc2cc(Cl)cc(Cl)c2)cc1. The van der Waals surface area contributed by atoms with Gasteiger partial charge >= 0.3 is 0 Å². The van der Waals surface area contributed by atoms with Gasteiger partial charge in [-0.25, -0.2) is 0 Å². The normalized spacial score (nSPS) is 10.3. The molecule has 0 spiro atoms. The Labute approximate surface area is 122 Å². The Bertz CT molecular complexity index is 573. The van der Waals surface area contributed by atoms with E-state index >= 15 is 0 Å². The Morgan fingerprint density at radius 2 is 1.63 bits per heavy atom. The van der Waals surface area contributed by atoms with Gasteiger partial charge in [-0.2, -0.15) is 0 Å². The minimum Gasteiger partial charge on any atom is -0.326 e. The lowest BCUT2D eigenvalue weighted by Gasteiger charge is -2.06. The Morgan fingerprint density at radius 3 is 2.21 bits per heavy atom. The first kappa shape index (κ1) is 13.9. The van der Waals surface area contributed by atoms with Crippen molar-refractivity contribution in [3.8, 4) is 0 Å². The maximum Gasteiger partial charge on any atom is 0.228 e. The van der Waals surface area contributed by atoms with Crippen LogP contribution in [0.2, 0.25) is 10.0 Å². The van der Waals surface area contributed by atoms with Crippen LogP contribution in [0.3, 0.4) is 0 Å². The van der Waals surface area contributed by atoms with E-state index in [0.29, 0.717) is 22.2 Å². The van der Waals surface area contributed by atoms with E-state index in [1.165, 1.54) is 5.56 Å². The summed E-state index contributed by atoms with van der Waals surface area (Å²) < 4.78 is 0. The molecular weight excluding hydrogens is 281 g/mol. The molecule has 2 aromatic carbocycles. The van der Waals surface area contributed by atoms with Crippen LogP contribution in [0, 0.1) is 6.92 Å². The lowest BCUT2D eigenvalue weighted by Crippen LogP contribution is -2.14. The van der Waals surface area contributed by atoms with Crippen LogP contribution in [0.25, 0.3) is 0 Å². The summed E-state index contributed by atoms with van der Waals surface area (Å²) in [5.41, 5.74) is 2.75. The number of hydrogen-bond acceptors (Lipinski definition) is 1. The van der Waals surface area contributed by atoms with Crippen LogP contribution in [-0.2, 0) is 11.2 Å². The fourth-order valence-corrected chi connectivity index (χ4v) is 2.25. The Kier molecular flexibility index (Phi) is 4.46. The first-order chi connectivity index (χ1) is 9.02. The maximum absolute atomic E-state index is 11.9. The number of benzene rings is 2. The van der Waals surface area contributed by atoms with Gasteiger partial charge in [0.25, 0.3) is 0 Å². The summed E-state index contributed by atoms with van der Waals surface area (Å²) in [5.74, 6) is -0.0952. The largest absolute Gasteiger partial charge is 0.326 e. The molecule has 0 bridgehead atoms. The molecule has 0 aliphatic rings. The summed E-state index contributed by atoms with van der Waals surface area (Å²) in [6, 6.07) is 12.8. The van der Waals surface area contributed by atoms with Crippen LogP contribution >= 0.6 is 23.2 Å². The second-order valence-corrected chi connectivity index (χ2v) is 5.24. The lowest BCUT2D eigenvalue weighted by molar-refractivity contribution is -0.115. The molecule has 0 saturated heterocycles. The third kappa shape index (κ3) is 4.27. The predicted octanol–water partition coefficient (Wildman–Crippen LogP) is 4.48. The smallest absolute Gasteiger partial charge is 0.228 e. The molecule has 0 radical (unpaired) electrons. The van der Waals surface area contributed by atoms with Gasteiger partial charge in [-0.05, 0) is 30.7 Å². The number of carbonyl (C=O) groups is 1. The van der Waals surface area contributed by atoms with E-state index in [2.05, 4.69) is 5.32 Å². The number of carbonyl (C=O) groups excluding carboxylic acids is 1. The quantitative estimate of drug-likeness (QED) is 0.888. The number of rotatable bonds is 3.